The van der Waals surface area contributed by atoms with Crippen LogP contribution in [0.5, 0.6) is 5.75 Å². The number of benzene rings is 1. The molecule has 1 N–H and O–H groups in total. The molecule has 0 bridgehead atoms. The molecule has 8 heteroatoms. The largest absolute Gasteiger partial charge is 0.462 e. The van der Waals surface area contributed by atoms with Crippen molar-refractivity contribution in [2.24, 2.45) is 0 Å². The molecule has 1 aromatic carbocycles. The van der Waals surface area contributed by atoms with Crippen LogP contribution in [0.4, 0.5) is 0 Å². The summed E-state index contributed by atoms with van der Waals surface area (Å²) in [4.78, 5) is 12.9. The van der Waals surface area contributed by atoms with Crippen molar-refractivity contribution in [3.8, 4) is 5.75 Å². The quantitative estimate of drug-likeness (QED) is 0.410. The Morgan fingerprint density at radius 2 is 1.87 bits per heavy atom. The van der Waals surface area contributed by atoms with E-state index in [9.17, 15) is 9.36 Å². The molecular weight excluding hydrogens is 337 g/mol. The first kappa shape index (κ1) is 20.0. The van der Waals surface area contributed by atoms with Gasteiger partial charge in [-0.15, -0.1) is 11.8 Å². The third-order valence-corrected chi connectivity index (χ3v) is 5.34. The number of ether oxygens (including phenoxy) is 2. The zero-order chi connectivity index (χ0) is 17.5. The molecule has 1 rings (SSSR count). The number of methoxy groups -OCH3 is 1. The van der Waals surface area contributed by atoms with Crippen LogP contribution in [0.3, 0.4) is 0 Å². The third kappa shape index (κ3) is 6.96. The summed E-state index contributed by atoms with van der Waals surface area (Å²) in [6.07, 6.45) is 1.57. The summed E-state index contributed by atoms with van der Waals surface area (Å²) in [6.45, 7) is 5.08. The highest BCUT2D eigenvalue weighted by Crippen LogP contribution is 2.43. The molecule has 0 saturated carbocycles. The molecule has 130 valence electrons. The van der Waals surface area contributed by atoms with Crippen molar-refractivity contribution >= 4 is 25.3 Å². The van der Waals surface area contributed by atoms with Gasteiger partial charge < -0.3 is 14.0 Å². The second-order valence-corrected chi connectivity index (χ2v) is 8.12. The van der Waals surface area contributed by atoms with Crippen molar-refractivity contribution in [3.63, 3.8) is 0 Å². The lowest BCUT2D eigenvalue weighted by Gasteiger charge is -2.23. The van der Waals surface area contributed by atoms with E-state index in [0.29, 0.717) is 5.75 Å². The van der Waals surface area contributed by atoms with E-state index in [1.54, 1.807) is 44.7 Å². The van der Waals surface area contributed by atoms with Gasteiger partial charge in [0.2, 0.25) is 0 Å². The van der Waals surface area contributed by atoms with Crippen molar-refractivity contribution < 1.29 is 23.4 Å². The molecule has 1 unspecified atom stereocenters. The van der Waals surface area contributed by atoms with Crippen LogP contribution >= 0.6 is 19.3 Å². The smallest absolute Gasteiger partial charge is 0.342 e. The van der Waals surface area contributed by atoms with Crippen LogP contribution in [0.25, 0.3) is 0 Å². The van der Waals surface area contributed by atoms with Gasteiger partial charge in [0.25, 0.3) is 0 Å². The van der Waals surface area contributed by atoms with E-state index in [1.807, 2.05) is 18.4 Å². The predicted octanol–water partition coefficient (Wildman–Crippen LogP) is 3.51. The standard InChI is InChI=1S/C15H24NO5PS/c1-11(2)20-15(17)12(3)16-22(18,10-19-4)21-13-6-8-14(23-5)9-7-13/h6-9,11-12H,10H2,1-5H3,(H,16,18)/t12-,22?/m0/s1. The zero-order valence-electron chi connectivity index (χ0n) is 14.1. The number of hydrogen-bond donors (Lipinski definition) is 1. The number of carbonyl (C=O) groups is 1. The van der Waals surface area contributed by atoms with Gasteiger partial charge in [-0.1, -0.05) is 0 Å². The van der Waals surface area contributed by atoms with Gasteiger partial charge in [-0.3, -0.25) is 9.36 Å². The summed E-state index contributed by atoms with van der Waals surface area (Å²) in [5.41, 5.74) is 0. The molecular formula is C15H24NO5PS. The van der Waals surface area contributed by atoms with E-state index >= 15 is 0 Å². The Kier molecular flexibility index (Phi) is 8.12. The van der Waals surface area contributed by atoms with Gasteiger partial charge in [-0.05, 0) is 51.3 Å². The molecule has 0 aliphatic heterocycles. The molecule has 0 spiro atoms. The Labute approximate surface area is 141 Å². The molecule has 0 aliphatic carbocycles. The first-order valence-electron chi connectivity index (χ1n) is 7.19. The highest BCUT2D eigenvalue weighted by molar-refractivity contribution is 7.98. The summed E-state index contributed by atoms with van der Waals surface area (Å²) < 4.78 is 28.5. The first-order chi connectivity index (χ1) is 10.8. The number of rotatable bonds is 9. The van der Waals surface area contributed by atoms with Crippen molar-refractivity contribution in [1.29, 1.82) is 0 Å². The molecule has 0 fully saturated rings. The van der Waals surface area contributed by atoms with Gasteiger partial charge in [0.05, 0.1) is 6.10 Å². The fraction of sp³-hybridized carbons (Fsp3) is 0.533. The van der Waals surface area contributed by atoms with E-state index in [2.05, 4.69) is 5.09 Å². The van der Waals surface area contributed by atoms with Crippen LogP contribution in [-0.2, 0) is 18.8 Å². The summed E-state index contributed by atoms with van der Waals surface area (Å²) in [5, 5.41) is 2.71. The normalized spacial score (nSPS) is 15.0. The van der Waals surface area contributed by atoms with Crippen molar-refractivity contribution in [2.45, 2.75) is 37.8 Å². The lowest BCUT2D eigenvalue weighted by molar-refractivity contribution is -0.149. The van der Waals surface area contributed by atoms with Crippen LogP contribution in [-0.4, -0.2) is 37.8 Å². The molecule has 0 amide bonds. The Balaban J connectivity index is 2.80. The van der Waals surface area contributed by atoms with Crippen molar-refractivity contribution in [1.82, 2.24) is 5.09 Å². The topological polar surface area (TPSA) is 73.9 Å². The summed E-state index contributed by atoms with van der Waals surface area (Å²) >= 11 is 1.60. The predicted molar refractivity (Wildman–Crippen MR) is 92.2 cm³/mol. The summed E-state index contributed by atoms with van der Waals surface area (Å²) in [5.74, 6) is -0.0437. The highest BCUT2D eigenvalue weighted by atomic mass is 32.2. The number of esters is 1. The number of hydrogen-bond acceptors (Lipinski definition) is 6. The Bertz CT molecular complexity index is 549. The fourth-order valence-electron chi connectivity index (χ4n) is 1.75. The molecule has 0 aliphatic rings. The maximum atomic E-state index is 12.9. The van der Waals surface area contributed by atoms with E-state index in [4.69, 9.17) is 14.0 Å². The Hall–Kier alpha value is -1.01. The molecule has 0 aromatic heterocycles. The minimum atomic E-state index is -3.40. The lowest BCUT2D eigenvalue weighted by atomic mass is 10.3. The molecule has 0 radical (unpaired) electrons. The van der Waals surface area contributed by atoms with Crippen LogP contribution in [0.15, 0.2) is 29.2 Å². The van der Waals surface area contributed by atoms with E-state index in [-0.39, 0.29) is 12.5 Å². The van der Waals surface area contributed by atoms with Crippen LogP contribution < -0.4 is 9.61 Å². The highest BCUT2D eigenvalue weighted by Gasteiger charge is 2.30. The second-order valence-electron chi connectivity index (χ2n) is 5.19. The molecule has 0 heterocycles. The molecule has 1 aromatic rings. The second kappa shape index (κ2) is 9.33. The molecule has 6 nitrogen and oxygen atoms in total. The Morgan fingerprint density at radius 3 is 2.35 bits per heavy atom. The fourth-order valence-corrected chi connectivity index (χ4v) is 3.83. The van der Waals surface area contributed by atoms with Crippen molar-refractivity contribution in [3.05, 3.63) is 24.3 Å². The maximum Gasteiger partial charge on any atom is 0.342 e. The monoisotopic (exact) mass is 361 g/mol. The average molecular weight is 361 g/mol. The van der Waals surface area contributed by atoms with Gasteiger partial charge in [-0.2, -0.15) is 0 Å². The Morgan fingerprint density at radius 1 is 1.26 bits per heavy atom. The number of carbonyl (C=O) groups excluding carboxylic acids is 1. The zero-order valence-corrected chi connectivity index (χ0v) is 15.8. The van der Waals surface area contributed by atoms with E-state index in [1.165, 1.54) is 7.11 Å². The van der Waals surface area contributed by atoms with Crippen molar-refractivity contribution in [2.75, 3.05) is 19.7 Å². The first-order valence-corrected chi connectivity index (χ1v) is 10.2. The van der Waals surface area contributed by atoms with Gasteiger partial charge in [0.1, 0.15) is 18.1 Å². The average Bonchev–Trinajstić information content (AvgIpc) is 2.47. The summed E-state index contributed by atoms with van der Waals surface area (Å²) in [7, 11) is -1.98. The SMILES string of the molecule is COCP(=O)(N[C@@H](C)C(=O)OC(C)C)Oc1ccc(SC)cc1. The maximum absolute atomic E-state index is 12.9. The van der Waals surface area contributed by atoms with Crippen LogP contribution in [0, 0.1) is 0 Å². The van der Waals surface area contributed by atoms with E-state index in [0.717, 1.165) is 4.90 Å². The number of nitrogens with one attached hydrogen (secondary N) is 1. The van der Waals surface area contributed by atoms with Gasteiger partial charge in [-0.25, -0.2) is 5.09 Å². The third-order valence-electron chi connectivity index (χ3n) is 2.71. The van der Waals surface area contributed by atoms with Gasteiger partial charge in [0.15, 0.2) is 0 Å². The minimum absolute atomic E-state index is 0.156. The minimum Gasteiger partial charge on any atom is -0.462 e. The van der Waals surface area contributed by atoms with Crippen LogP contribution in [0.1, 0.15) is 20.8 Å². The van der Waals surface area contributed by atoms with Crippen LogP contribution in [0.2, 0.25) is 0 Å². The van der Waals surface area contributed by atoms with E-state index < -0.39 is 19.5 Å². The summed E-state index contributed by atoms with van der Waals surface area (Å²) in [6, 6.07) is 6.42. The molecule has 23 heavy (non-hydrogen) atoms. The van der Waals surface area contributed by atoms with Gasteiger partial charge in [0, 0.05) is 12.0 Å². The van der Waals surface area contributed by atoms with Gasteiger partial charge >= 0.3 is 13.5 Å². The molecule has 2 atom stereocenters. The number of thioether (sulfide) groups is 1. The molecule has 0 saturated heterocycles. The lowest BCUT2D eigenvalue weighted by Crippen LogP contribution is -2.36.